The first-order chi connectivity index (χ1) is 10.4. The Morgan fingerprint density at radius 3 is 2.81 bits per heavy atom. The molecule has 6 heteroatoms. The highest BCUT2D eigenvalue weighted by Crippen LogP contribution is 2.29. The van der Waals surface area contributed by atoms with Gasteiger partial charge in [0.25, 0.3) is 0 Å². The standard InChI is InChI=1S/C15H19N3O2S/c1-2-4-13-12(3-1)16-15(21-13)18-7-10-20-14(11-18)17-5-8-19-9-6-17/h1-4,14H,5-11H2. The zero-order chi connectivity index (χ0) is 14.1. The molecule has 5 nitrogen and oxygen atoms in total. The van der Waals surface area contributed by atoms with Crippen molar-refractivity contribution in [2.45, 2.75) is 6.23 Å². The number of morpholine rings is 2. The highest BCUT2D eigenvalue weighted by atomic mass is 32.1. The molecular formula is C15H19N3O2S. The van der Waals surface area contributed by atoms with E-state index in [0.29, 0.717) is 0 Å². The number of rotatable bonds is 2. The summed E-state index contributed by atoms with van der Waals surface area (Å²) in [5.74, 6) is 0. The summed E-state index contributed by atoms with van der Waals surface area (Å²) >= 11 is 1.77. The van der Waals surface area contributed by atoms with Gasteiger partial charge in [-0.05, 0) is 12.1 Å². The van der Waals surface area contributed by atoms with Gasteiger partial charge in [-0.2, -0.15) is 0 Å². The second-order valence-corrected chi connectivity index (χ2v) is 6.39. The molecule has 0 saturated carbocycles. The van der Waals surface area contributed by atoms with Crippen molar-refractivity contribution < 1.29 is 9.47 Å². The molecule has 0 spiro atoms. The molecule has 2 aliphatic rings. The number of benzene rings is 1. The first kappa shape index (κ1) is 13.5. The molecule has 1 aromatic carbocycles. The van der Waals surface area contributed by atoms with Crippen molar-refractivity contribution in [1.29, 1.82) is 0 Å². The third kappa shape index (κ3) is 2.76. The number of hydrogen-bond acceptors (Lipinski definition) is 6. The summed E-state index contributed by atoms with van der Waals surface area (Å²) < 4.78 is 12.6. The van der Waals surface area contributed by atoms with E-state index in [4.69, 9.17) is 14.5 Å². The van der Waals surface area contributed by atoms with Crippen LogP contribution >= 0.6 is 11.3 Å². The quantitative estimate of drug-likeness (QED) is 0.846. The fraction of sp³-hybridized carbons (Fsp3) is 0.533. The minimum absolute atomic E-state index is 0.162. The molecule has 112 valence electrons. The van der Waals surface area contributed by atoms with E-state index in [1.54, 1.807) is 11.3 Å². The molecule has 1 atom stereocenters. The molecule has 2 saturated heterocycles. The maximum Gasteiger partial charge on any atom is 0.186 e. The van der Waals surface area contributed by atoms with Crippen LogP contribution in [-0.2, 0) is 9.47 Å². The number of para-hydroxylation sites is 1. The molecule has 1 aromatic heterocycles. The fourth-order valence-corrected chi connectivity index (χ4v) is 3.89. The molecule has 1 unspecified atom stereocenters. The average molecular weight is 305 g/mol. The van der Waals surface area contributed by atoms with Crippen LogP contribution in [0.15, 0.2) is 24.3 Å². The minimum atomic E-state index is 0.162. The van der Waals surface area contributed by atoms with Crippen molar-refractivity contribution >= 4 is 26.7 Å². The molecule has 0 radical (unpaired) electrons. The Labute approximate surface area is 128 Å². The van der Waals surface area contributed by atoms with Crippen molar-refractivity contribution in [3.8, 4) is 0 Å². The number of aromatic nitrogens is 1. The topological polar surface area (TPSA) is 37.8 Å². The highest BCUT2D eigenvalue weighted by molar-refractivity contribution is 7.22. The lowest BCUT2D eigenvalue weighted by molar-refractivity contribution is -0.100. The van der Waals surface area contributed by atoms with Crippen LogP contribution in [-0.4, -0.2) is 62.1 Å². The predicted molar refractivity (Wildman–Crippen MR) is 84.0 cm³/mol. The Balaban J connectivity index is 1.51. The first-order valence-corrected chi connectivity index (χ1v) is 8.26. The van der Waals surface area contributed by atoms with Gasteiger partial charge in [-0.1, -0.05) is 23.5 Å². The fourth-order valence-electron chi connectivity index (χ4n) is 2.89. The molecule has 0 N–H and O–H groups in total. The summed E-state index contributed by atoms with van der Waals surface area (Å²) in [6.07, 6.45) is 0.162. The van der Waals surface area contributed by atoms with Crippen LogP contribution in [0, 0.1) is 0 Å². The molecule has 2 fully saturated rings. The van der Waals surface area contributed by atoms with Gasteiger partial charge in [0.2, 0.25) is 0 Å². The van der Waals surface area contributed by atoms with Crippen LogP contribution < -0.4 is 4.90 Å². The van der Waals surface area contributed by atoms with Crippen LogP contribution in [0.25, 0.3) is 10.2 Å². The van der Waals surface area contributed by atoms with E-state index in [1.165, 1.54) is 4.70 Å². The molecular weight excluding hydrogens is 286 g/mol. The van der Waals surface area contributed by atoms with Crippen LogP contribution in [0.4, 0.5) is 5.13 Å². The van der Waals surface area contributed by atoms with Gasteiger partial charge in [-0.3, -0.25) is 4.90 Å². The number of anilines is 1. The Kier molecular flexibility index (Phi) is 3.77. The smallest absolute Gasteiger partial charge is 0.186 e. The maximum atomic E-state index is 5.95. The zero-order valence-electron chi connectivity index (χ0n) is 11.9. The van der Waals surface area contributed by atoms with Crippen LogP contribution in [0.2, 0.25) is 0 Å². The van der Waals surface area contributed by atoms with E-state index < -0.39 is 0 Å². The predicted octanol–water partition coefficient (Wildman–Crippen LogP) is 1.79. The van der Waals surface area contributed by atoms with Crippen LogP contribution in [0.3, 0.4) is 0 Å². The molecule has 0 amide bonds. The Hall–Kier alpha value is -1.21. The second-order valence-electron chi connectivity index (χ2n) is 5.38. The monoisotopic (exact) mass is 305 g/mol. The lowest BCUT2D eigenvalue weighted by Crippen LogP contribution is -2.54. The largest absolute Gasteiger partial charge is 0.379 e. The van der Waals surface area contributed by atoms with Gasteiger partial charge in [-0.15, -0.1) is 0 Å². The second kappa shape index (κ2) is 5.88. The van der Waals surface area contributed by atoms with Crippen LogP contribution in [0.1, 0.15) is 0 Å². The molecule has 2 aliphatic heterocycles. The van der Waals surface area contributed by atoms with E-state index in [1.807, 2.05) is 6.07 Å². The molecule has 21 heavy (non-hydrogen) atoms. The van der Waals surface area contributed by atoms with Crippen molar-refractivity contribution in [3.63, 3.8) is 0 Å². The van der Waals surface area contributed by atoms with E-state index in [-0.39, 0.29) is 6.23 Å². The molecule has 0 aliphatic carbocycles. The third-order valence-corrected chi connectivity index (χ3v) is 5.15. The SMILES string of the molecule is c1ccc2sc(N3CCOC(N4CCOCC4)C3)nc2c1. The third-order valence-electron chi connectivity index (χ3n) is 4.05. The van der Waals surface area contributed by atoms with Crippen molar-refractivity contribution in [3.05, 3.63) is 24.3 Å². The minimum Gasteiger partial charge on any atom is -0.379 e. The highest BCUT2D eigenvalue weighted by Gasteiger charge is 2.28. The number of fused-ring (bicyclic) bond motifs is 1. The van der Waals surface area contributed by atoms with Gasteiger partial charge in [-0.25, -0.2) is 4.98 Å². The van der Waals surface area contributed by atoms with Gasteiger partial charge in [0.15, 0.2) is 5.13 Å². The zero-order valence-corrected chi connectivity index (χ0v) is 12.7. The van der Waals surface area contributed by atoms with Gasteiger partial charge in [0.1, 0.15) is 6.23 Å². The van der Waals surface area contributed by atoms with Crippen molar-refractivity contribution in [2.24, 2.45) is 0 Å². The van der Waals surface area contributed by atoms with Gasteiger partial charge in [0.05, 0.1) is 36.6 Å². The number of nitrogens with zero attached hydrogens (tertiary/aromatic N) is 3. The lowest BCUT2D eigenvalue weighted by Gasteiger charge is -2.40. The Bertz CT molecular complexity index is 579. The first-order valence-electron chi connectivity index (χ1n) is 7.44. The van der Waals surface area contributed by atoms with Crippen LogP contribution in [0.5, 0.6) is 0 Å². The van der Waals surface area contributed by atoms with Crippen molar-refractivity contribution in [2.75, 3.05) is 50.9 Å². The molecule has 0 bridgehead atoms. The normalized spacial score (nSPS) is 24.6. The maximum absolute atomic E-state index is 5.95. The number of ether oxygens (including phenoxy) is 2. The van der Waals surface area contributed by atoms with E-state index in [9.17, 15) is 0 Å². The lowest BCUT2D eigenvalue weighted by atomic mass is 10.3. The molecule has 4 rings (SSSR count). The van der Waals surface area contributed by atoms with Gasteiger partial charge < -0.3 is 14.4 Å². The number of hydrogen-bond donors (Lipinski definition) is 0. The average Bonchev–Trinajstić information content (AvgIpc) is 3.00. The Morgan fingerprint density at radius 1 is 1.10 bits per heavy atom. The van der Waals surface area contributed by atoms with E-state index >= 15 is 0 Å². The summed E-state index contributed by atoms with van der Waals surface area (Å²) in [4.78, 5) is 9.50. The summed E-state index contributed by atoms with van der Waals surface area (Å²) in [6, 6.07) is 8.33. The summed E-state index contributed by atoms with van der Waals surface area (Å²) in [5, 5.41) is 1.11. The summed E-state index contributed by atoms with van der Waals surface area (Å²) in [7, 11) is 0. The van der Waals surface area contributed by atoms with E-state index in [0.717, 1.165) is 56.6 Å². The summed E-state index contributed by atoms with van der Waals surface area (Å²) in [6.45, 7) is 6.09. The van der Waals surface area contributed by atoms with E-state index in [2.05, 4.69) is 28.0 Å². The Morgan fingerprint density at radius 2 is 1.95 bits per heavy atom. The molecule has 3 heterocycles. The molecule has 2 aromatic rings. The van der Waals surface area contributed by atoms with Gasteiger partial charge >= 0.3 is 0 Å². The van der Waals surface area contributed by atoms with Crippen molar-refractivity contribution in [1.82, 2.24) is 9.88 Å². The van der Waals surface area contributed by atoms with Gasteiger partial charge in [0, 0.05) is 19.6 Å². The number of thiazole rings is 1. The summed E-state index contributed by atoms with van der Waals surface area (Å²) in [5.41, 5.74) is 1.09.